The summed E-state index contributed by atoms with van der Waals surface area (Å²) in [7, 11) is 0. The van der Waals surface area contributed by atoms with Gasteiger partial charge >= 0.3 is 0 Å². The molecule has 1 N–H and O–H groups in total. The first-order valence-electron chi connectivity index (χ1n) is 8.94. The van der Waals surface area contributed by atoms with Crippen molar-refractivity contribution in [3.8, 4) is 0 Å². The van der Waals surface area contributed by atoms with Crippen LogP contribution in [0, 0.1) is 10.1 Å². The van der Waals surface area contributed by atoms with E-state index in [9.17, 15) is 10.1 Å². The van der Waals surface area contributed by atoms with E-state index in [0.717, 1.165) is 38.2 Å². The van der Waals surface area contributed by atoms with Gasteiger partial charge in [-0.05, 0) is 25.5 Å². The van der Waals surface area contributed by atoms with Gasteiger partial charge in [0, 0.05) is 49.7 Å². The Balaban J connectivity index is 2.06. The molecule has 1 aromatic carbocycles. The lowest BCUT2D eigenvalue weighted by Crippen LogP contribution is -2.56. The molecule has 0 amide bonds. The van der Waals surface area contributed by atoms with Gasteiger partial charge in [-0.2, -0.15) is 0 Å². The van der Waals surface area contributed by atoms with Crippen molar-refractivity contribution in [2.45, 2.75) is 32.7 Å². The maximum absolute atomic E-state index is 11.2. The van der Waals surface area contributed by atoms with E-state index in [0.29, 0.717) is 11.6 Å². The second-order valence-corrected chi connectivity index (χ2v) is 6.40. The quantitative estimate of drug-likeness (QED) is 0.629. The first-order chi connectivity index (χ1) is 12.6. The molecule has 0 saturated carbocycles. The van der Waals surface area contributed by atoms with Crippen LogP contribution in [0.25, 0.3) is 0 Å². The van der Waals surface area contributed by atoms with Gasteiger partial charge < -0.3 is 5.32 Å². The molecule has 2 aromatic rings. The van der Waals surface area contributed by atoms with Crippen LogP contribution in [0.15, 0.2) is 36.5 Å². The lowest BCUT2D eigenvalue weighted by atomic mass is 10.2. The number of benzene rings is 1. The zero-order valence-corrected chi connectivity index (χ0v) is 15.1. The second-order valence-electron chi connectivity index (χ2n) is 6.40. The van der Waals surface area contributed by atoms with Crippen LogP contribution in [-0.2, 0) is 6.42 Å². The van der Waals surface area contributed by atoms with Gasteiger partial charge in [0.2, 0.25) is 5.95 Å². The topological polar surface area (TPSA) is 87.4 Å². The number of hydrogen-bond donors (Lipinski definition) is 1. The molecule has 26 heavy (non-hydrogen) atoms. The molecule has 8 heteroatoms. The largest absolute Gasteiger partial charge is 0.314 e. The van der Waals surface area contributed by atoms with Crippen molar-refractivity contribution in [1.29, 1.82) is 0 Å². The molecule has 1 atom stereocenters. The normalized spacial score (nSPS) is 17.8. The van der Waals surface area contributed by atoms with Crippen LogP contribution in [-0.4, -0.2) is 45.6 Å². The van der Waals surface area contributed by atoms with Gasteiger partial charge in [-0.1, -0.05) is 19.4 Å². The predicted octanol–water partition coefficient (Wildman–Crippen LogP) is 2.68. The number of hydrazine groups is 1. The number of nitrogens with zero attached hydrogens (tertiary/aromatic N) is 5. The van der Waals surface area contributed by atoms with E-state index in [1.807, 2.05) is 17.1 Å². The fraction of sp³-hybridized carbons (Fsp3) is 0.444. The number of non-ortho nitro benzene ring substituents is 1. The standard InChI is InChI=1S/C18H24N6O2/c1-3-5-15-8-9-20-18(21-15)23(22-11-10-19-13-14(22)2)16-6-4-7-17(12-16)24(25)26/h4,6-9,12,14,19H,3,5,10-11,13H2,1-2H3. The Bertz CT molecular complexity index is 769. The van der Waals surface area contributed by atoms with Crippen LogP contribution >= 0.6 is 0 Å². The molecule has 1 fully saturated rings. The maximum atomic E-state index is 11.2. The fourth-order valence-electron chi connectivity index (χ4n) is 3.13. The van der Waals surface area contributed by atoms with Crippen LogP contribution in [0.3, 0.4) is 0 Å². The molecule has 1 saturated heterocycles. The summed E-state index contributed by atoms with van der Waals surface area (Å²) in [6.45, 7) is 6.67. The minimum atomic E-state index is -0.378. The van der Waals surface area contributed by atoms with Crippen molar-refractivity contribution in [3.05, 3.63) is 52.3 Å². The molecule has 138 valence electrons. The van der Waals surface area contributed by atoms with Gasteiger partial charge in [0.1, 0.15) is 0 Å². The highest BCUT2D eigenvalue weighted by atomic mass is 16.6. The lowest BCUT2D eigenvalue weighted by molar-refractivity contribution is -0.384. The Morgan fingerprint density at radius 3 is 3.00 bits per heavy atom. The third kappa shape index (κ3) is 3.97. The Kier molecular flexibility index (Phi) is 5.75. The van der Waals surface area contributed by atoms with Crippen LogP contribution in [0.2, 0.25) is 0 Å². The summed E-state index contributed by atoms with van der Waals surface area (Å²) in [4.78, 5) is 20.0. The van der Waals surface area contributed by atoms with Crippen molar-refractivity contribution < 1.29 is 4.92 Å². The molecule has 1 unspecified atom stereocenters. The molecule has 1 aliphatic rings. The SMILES string of the molecule is CCCc1ccnc(N(c2cccc([N+](=O)[O-])c2)N2CCNCC2C)n1. The van der Waals surface area contributed by atoms with Crippen molar-refractivity contribution in [2.24, 2.45) is 0 Å². The highest BCUT2D eigenvalue weighted by molar-refractivity contribution is 5.60. The van der Waals surface area contributed by atoms with Gasteiger partial charge in [0.25, 0.3) is 5.69 Å². The third-order valence-corrected chi connectivity index (χ3v) is 4.40. The zero-order valence-electron chi connectivity index (χ0n) is 15.1. The number of nitro benzene ring substituents is 1. The number of nitro groups is 1. The molecule has 0 aliphatic carbocycles. The molecule has 2 heterocycles. The lowest BCUT2D eigenvalue weighted by Gasteiger charge is -2.41. The van der Waals surface area contributed by atoms with E-state index in [1.54, 1.807) is 18.3 Å². The van der Waals surface area contributed by atoms with E-state index in [1.165, 1.54) is 6.07 Å². The molecule has 0 radical (unpaired) electrons. The molecule has 3 rings (SSSR count). The summed E-state index contributed by atoms with van der Waals surface area (Å²) in [5, 5.41) is 18.7. The maximum Gasteiger partial charge on any atom is 0.271 e. The summed E-state index contributed by atoms with van der Waals surface area (Å²) in [6, 6.07) is 8.75. The number of aromatic nitrogens is 2. The summed E-state index contributed by atoms with van der Waals surface area (Å²) in [5.41, 5.74) is 1.72. The van der Waals surface area contributed by atoms with E-state index in [-0.39, 0.29) is 16.7 Å². The summed E-state index contributed by atoms with van der Waals surface area (Å²) in [6.07, 6.45) is 3.62. The monoisotopic (exact) mass is 356 g/mol. The van der Waals surface area contributed by atoms with Gasteiger partial charge in [0.15, 0.2) is 0 Å². The molecule has 0 spiro atoms. The van der Waals surface area contributed by atoms with E-state index in [2.05, 4.69) is 29.2 Å². The van der Waals surface area contributed by atoms with Crippen molar-refractivity contribution in [1.82, 2.24) is 20.3 Å². The van der Waals surface area contributed by atoms with E-state index < -0.39 is 0 Å². The smallest absolute Gasteiger partial charge is 0.271 e. The van der Waals surface area contributed by atoms with E-state index in [4.69, 9.17) is 4.98 Å². The minimum Gasteiger partial charge on any atom is -0.314 e. The first kappa shape index (κ1) is 18.2. The Morgan fingerprint density at radius 1 is 1.42 bits per heavy atom. The summed E-state index contributed by atoms with van der Waals surface area (Å²) < 4.78 is 0. The van der Waals surface area contributed by atoms with Crippen LogP contribution < -0.4 is 10.3 Å². The van der Waals surface area contributed by atoms with Crippen molar-refractivity contribution >= 4 is 17.3 Å². The molecular formula is C18H24N6O2. The minimum absolute atomic E-state index is 0.0556. The van der Waals surface area contributed by atoms with Gasteiger partial charge in [-0.3, -0.25) is 10.1 Å². The predicted molar refractivity (Wildman–Crippen MR) is 100 cm³/mol. The molecule has 1 aromatic heterocycles. The van der Waals surface area contributed by atoms with Crippen LogP contribution in [0.4, 0.5) is 17.3 Å². The van der Waals surface area contributed by atoms with Gasteiger partial charge in [0.05, 0.1) is 10.6 Å². The average molecular weight is 356 g/mol. The van der Waals surface area contributed by atoms with E-state index >= 15 is 0 Å². The van der Waals surface area contributed by atoms with Crippen molar-refractivity contribution in [2.75, 3.05) is 24.6 Å². The van der Waals surface area contributed by atoms with Crippen molar-refractivity contribution in [3.63, 3.8) is 0 Å². The Morgan fingerprint density at radius 2 is 2.27 bits per heavy atom. The summed E-state index contributed by atoms with van der Waals surface area (Å²) >= 11 is 0. The van der Waals surface area contributed by atoms with Crippen LogP contribution in [0.1, 0.15) is 26.0 Å². The first-order valence-corrected chi connectivity index (χ1v) is 8.94. The summed E-state index contributed by atoms with van der Waals surface area (Å²) in [5.74, 6) is 0.546. The average Bonchev–Trinajstić information content (AvgIpc) is 2.64. The molecule has 8 nitrogen and oxygen atoms in total. The number of hydrogen-bond acceptors (Lipinski definition) is 7. The number of anilines is 2. The molecule has 0 bridgehead atoms. The highest BCUT2D eigenvalue weighted by Crippen LogP contribution is 2.29. The highest BCUT2D eigenvalue weighted by Gasteiger charge is 2.28. The molecular weight excluding hydrogens is 332 g/mol. The molecule has 1 aliphatic heterocycles. The second kappa shape index (κ2) is 8.20. The number of piperazine rings is 1. The Hall–Kier alpha value is -2.58. The third-order valence-electron chi connectivity index (χ3n) is 4.40. The van der Waals surface area contributed by atoms with Crippen LogP contribution in [0.5, 0.6) is 0 Å². The number of aryl methyl sites for hydroxylation is 1. The van der Waals surface area contributed by atoms with Gasteiger partial charge in [-0.15, -0.1) is 0 Å². The fourth-order valence-corrected chi connectivity index (χ4v) is 3.13. The number of nitrogens with one attached hydrogen (secondary N) is 1. The Labute approximate surface area is 153 Å². The van der Waals surface area contributed by atoms with Gasteiger partial charge in [-0.25, -0.2) is 20.0 Å². The zero-order chi connectivity index (χ0) is 18.5. The number of rotatable bonds is 6.